The van der Waals surface area contributed by atoms with E-state index in [9.17, 15) is 4.79 Å². The van der Waals surface area contributed by atoms with Crippen molar-refractivity contribution in [2.24, 2.45) is 5.41 Å². The summed E-state index contributed by atoms with van der Waals surface area (Å²) in [6.45, 7) is 7.47. The van der Waals surface area contributed by atoms with Gasteiger partial charge >= 0.3 is 0 Å². The highest BCUT2D eigenvalue weighted by molar-refractivity contribution is 6.39. The molecule has 0 aliphatic heterocycles. The molecule has 19 heavy (non-hydrogen) atoms. The third kappa shape index (κ3) is 5.39. The summed E-state index contributed by atoms with van der Waals surface area (Å²) in [5, 5.41) is 6.73. The summed E-state index contributed by atoms with van der Waals surface area (Å²) in [7, 11) is 0. The highest BCUT2D eigenvalue weighted by Crippen LogP contribution is 2.29. The Kier molecular flexibility index (Phi) is 6.11. The maximum atomic E-state index is 11.8. The number of nitrogens with one attached hydrogen (secondary N) is 2. The highest BCUT2D eigenvalue weighted by atomic mass is 35.5. The van der Waals surface area contributed by atoms with E-state index in [1.807, 2.05) is 0 Å². The van der Waals surface area contributed by atoms with Gasteiger partial charge in [0, 0.05) is 6.54 Å². The first-order valence-corrected chi connectivity index (χ1v) is 7.06. The van der Waals surface area contributed by atoms with E-state index >= 15 is 0 Å². The lowest BCUT2D eigenvalue weighted by Crippen LogP contribution is -2.35. The topological polar surface area (TPSA) is 41.1 Å². The van der Waals surface area contributed by atoms with E-state index in [0.29, 0.717) is 15.7 Å². The number of para-hydroxylation sites is 1. The van der Waals surface area contributed by atoms with E-state index in [0.717, 1.165) is 13.0 Å². The van der Waals surface area contributed by atoms with Crippen molar-refractivity contribution in [3.63, 3.8) is 0 Å². The van der Waals surface area contributed by atoms with E-state index in [4.69, 9.17) is 23.2 Å². The third-order valence-electron chi connectivity index (χ3n) is 3.07. The van der Waals surface area contributed by atoms with Gasteiger partial charge in [-0.05, 0) is 24.0 Å². The number of rotatable bonds is 6. The lowest BCUT2D eigenvalue weighted by molar-refractivity contribution is -0.115. The zero-order valence-corrected chi connectivity index (χ0v) is 13.0. The second kappa shape index (κ2) is 7.13. The Morgan fingerprint density at radius 3 is 2.37 bits per heavy atom. The molecule has 0 unspecified atom stereocenters. The third-order valence-corrected chi connectivity index (χ3v) is 3.70. The molecule has 1 aromatic carbocycles. The smallest absolute Gasteiger partial charge is 0.238 e. The van der Waals surface area contributed by atoms with E-state index < -0.39 is 0 Å². The van der Waals surface area contributed by atoms with Gasteiger partial charge in [-0.2, -0.15) is 0 Å². The number of carbonyl (C=O) groups excluding carboxylic acids is 1. The summed E-state index contributed by atoms with van der Waals surface area (Å²) in [5.41, 5.74) is 0.648. The minimum atomic E-state index is -0.151. The van der Waals surface area contributed by atoms with Crippen LogP contribution in [0, 0.1) is 5.41 Å². The number of amides is 1. The van der Waals surface area contributed by atoms with Crippen molar-refractivity contribution >= 4 is 34.8 Å². The molecule has 0 saturated carbocycles. The van der Waals surface area contributed by atoms with E-state index in [2.05, 4.69) is 31.4 Å². The Hall–Kier alpha value is -0.770. The van der Waals surface area contributed by atoms with E-state index in [1.54, 1.807) is 18.2 Å². The van der Waals surface area contributed by atoms with Crippen LogP contribution in [0.25, 0.3) is 0 Å². The van der Waals surface area contributed by atoms with Crippen LogP contribution in [0.3, 0.4) is 0 Å². The molecule has 5 heteroatoms. The van der Waals surface area contributed by atoms with Gasteiger partial charge in [0.25, 0.3) is 0 Å². The summed E-state index contributed by atoms with van der Waals surface area (Å²) in [6, 6.07) is 5.12. The molecular formula is C14H20Cl2N2O. The Bertz CT molecular complexity index is 427. The SMILES string of the molecule is CCC(C)(C)CNCC(=O)Nc1c(Cl)cccc1Cl. The molecular weight excluding hydrogens is 283 g/mol. The molecule has 0 saturated heterocycles. The summed E-state index contributed by atoms with van der Waals surface area (Å²) < 4.78 is 0. The lowest BCUT2D eigenvalue weighted by Gasteiger charge is -2.22. The molecule has 3 nitrogen and oxygen atoms in total. The molecule has 1 rings (SSSR count). The Morgan fingerprint density at radius 2 is 1.84 bits per heavy atom. The Labute approximate surface area is 124 Å². The van der Waals surface area contributed by atoms with Crippen LogP contribution in [-0.4, -0.2) is 19.0 Å². The van der Waals surface area contributed by atoms with Crippen molar-refractivity contribution in [3.8, 4) is 0 Å². The zero-order valence-electron chi connectivity index (χ0n) is 11.5. The minimum absolute atomic E-state index is 0.151. The molecule has 0 spiro atoms. The summed E-state index contributed by atoms with van der Waals surface area (Å²) in [6.07, 6.45) is 1.05. The molecule has 0 fully saturated rings. The number of anilines is 1. The fourth-order valence-electron chi connectivity index (χ4n) is 1.44. The van der Waals surface area contributed by atoms with Crippen molar-refractivity contribution in [2.75, 3.05) is 18.4 Å². The average molecular weight is 303 g/mol. The largest absolute Gasteiger partial charge is 0.322 e. The summed E-state index contributed by atoms with van der Waals surface area (Å²) in [4.78, 5) is 11.8. The van der Waals surface area contributed by atoms with Gasteiger partial charge in [-0.15, -0.1) is 0 Å². The molecule has 2 N–H and O–H groups in total. The number of hydrogen-bond acceptors (Lipinski definition) is 2. The average Bonchev–Trinajstić information content (AvgIpc) is 2.34. The first kappa shape index (κ1) is 16.3. The lowest BCUT2D eigenvalue weighted by atomic mass is 9.90. The summed E-state index contributed by atoms with van der Waals surface area (Å²) >= 11 is 12.0. The predicted molar refractivity (Wildman–Crippen MR) is 82.0 cm³/mol. The first-order chi connectivity index (χ1) is 8.85. The zero-order chi connectivity index (χ0) is 14.5. The van der Waals surface area contributed by atoms with E-state index in [-0.39, 0.29) is 17.9 Å². The molecule has 1 amide bonds. The fraction of sp³-hybridized carbons (Fsp3) is 0.500. The quantitative estimate of drug-likeness (QED) is 0.835. The minimum Gasteiger partial charge on any atom is -0.322 e. The normalized spacial score (nSPS) is 11.4. The molecule has 0 heterocycles. The molecule has 0 radical (unpaired) electrons. The van der Waals surface area contributed by atoms with Gasteiger partial charge in [0.1, 0.15) is 0 Å². The maximum Gasteiger partial charge on any atom is 0.238 e. The van der Waals surface area contributed by atoms with Crippen LogP contribution < -0.4 is 10.6 Å². The molecule has 1 aromatic rings. The van der Waals surface area contributed by atoms with Crippen LogP contribution in [0.4, 0.5) is 5.69 Å². The summed E-state index contributed by atoms with van der Waals surface area (Å²) in [5.74, 6) is -0.151. The van der Waals surface area contributed by atoms with Gasteiger partial charge in [-0.25, -0.2) is 0 Å². The van der Waals surface area contributed by atoms with Crippen molar-refractivity contribution in [3.05, 3.63) is 28.2 Å². The number of hydrogen-bond donors (Lipinski definition) is 2. The van der Waals surface area contributed by atoms with Gasteiger partial charge in [0.15, 0.2) is 0 Å². The van der Waals surface area contributed by atoms with Crippen LogP contribution >= 0.6 is 23.2 Å². The second-order valence-corrected chi connectivity index (χ2v) is 6.08. The van der Waals surface area contributed by atoms with Crippen LogP contribution in [-0.2, 0) is 4.79 Å². The Morgan fingerprint density at radius 1 is 1.26 bits per heavy atom. The van der Waals surface area contributed by atoms with Crippen molar-refractivity contribution in [1.82, 2.24) is 5.32 Å². The van der Waals surface area contributed by atoms with Crippen LogP contribution in [0.1, 0.15) is 27.2 Å². The molecule has 0 atom stereocenters. The predicted octanol–water partition coefficient (Wildman–Crippen LogP) is 3.96. The van der Waals surface area contributed by atoms with Crippen LogP contribution in [0.2, 0.25) is 10.0 Å². The first-order valence-electron chi connectivity index (χ1n) is 6.30. The molecule has 0 aromatic heterocycles. The number of carbonyl (C=O) groups is 1. The fourth-order valence-corrected chi connectivity index (χ4v) is 1.93. The number of halogens is 2. The van der Waals surface area contributed by atoms with Gasteiger partial charge < -0.3 is 10.6 Å². The highest BCUT2D eigenvalue weighted by Gasteiger charge is 2.15. The number of benzene rings is 1. The van der Waals surface area contributed by atoms with Gasteiger partial charge in [0.2, 0.25) is 5.91 Å². The molecule has 106 valence electrons. The van der Waals surface area contributed by atoms with Crippen molar-refractivity contribution in [1.29, 1.82) is 0 Å². The monoisotopic (exact) mass is 302 g/mol. The molecule has 0 aliphatic carbocycles. The molecule has 0 aliphatic rings. The second-order valence-electron chi connectivity index (χ2n) is 5.27. The Balaban J connectivity index is 2.48. The van der Waals surface area contributed by atoms with Crippen molar-refractivity contribution < 1.29 is 4.79 Å². The molecule has 0 bridgehead atoms. The van der Waals surface area contributed by atoms with Crippen LogP contribution in [0.15, 0.2) is 18.2 Å². The van der Waals surface area contributed by atoms with Gasteiger partial charge in [-0.3, -0.25) is 4.79 Å². The van der Waals surface area contributed by atoms with Gasteiger partial charge in [0.05, 0.1) is 22.3 Å². The van der Waals surface area contributed by atoms with Crippen molar-refractivity contribution in [2.45, 2.75) is 27.2 Å². The van der Waals surface area contributed by atoms with Gasteiger partial charge in [-0.1, -0.05) is 50.0 Å². The van der Waals surface area contributed by atoms with Crippen LogP contribution in [0.5, 0.6) is 0 Å². The standard InChI is InChI=1S/C14H20Cl2N2O/c1-4-14(2,3)9-17-8-12(19)18-13-10(15)6-5-7-11(13)16/h5-7,17H,4,8-9H2,1-3H3,(H,18,19). The maximum absolute atomic E-state index is 11.8. The van der Waals surface area contributed by atoms with E-state index in [1.165, 1.54) is 0 Å².